The van der Waals surface area contributed by atoms with E-state index in [2.05, 4.69) is 10.1 Å². The second-order valence-corrected chi connectivity index (χ2v) is 6.18. The molecule has 3 rings (SSSR count). The van der Waals surface area contributed by atoms with E-state index < -0.39 is 0 Å². The number of ether oxygens (including phenoxy) is 1. The highest BCUT2D eigenvalue weighted by atomic mass is 16.5. The predicted octanol–water partition coefficient (Wildman–Crippen LogP) is 3.42. The lowest BCUT2D eigenvalue weighted by atomic mass is 10.0. The van der Waals surface area contributed by atoms with Crippen LogP contribution in [-0.4, -0.2) is 40.2 Å². The summed E-state index contributed by atoms with van der Waals surface area (Å²) in [6.45, 7) is 1.98. The molecule has 1 amide bonds. The molecule has 1 aromatic heterocycles. The summed E-state index contributed by atoms with van der Waals surface area (Å²) < 4.78 is 10.3. The third kappa shape index (κ3) is 4.15. The van der Waals surface area contributed by atoms with Gasteiger partial charge in [0.25, 0.3) is 5.91 Å². The molecular weight excluding hydrogens is 346 g/mol. The quantitative estimate of drug-likeness (QED) is 0.718. The van der Waals surface area contributed by atoms with Crippen LogP contribution < -0.4 is 0 Å². The van der Waals surface area contributed by atoms with Gasteiger partial charge in [0.15, 0.2) is 5.82 Å². The Morgan fingerprint density at radius 3 is 2.70 bits per heavy atom. The molecule has 0 aliphatic heterocycles. The number of rotatable bonds is 6. The number of benzene rings is 2. The third-order valence-electron chi connectivity index (χ3n) is 4.25. The Hall–Kier alpha value is -3.19. The second-order valence-electron chi connectivity index (χ2n) is 6.18. The van der Waals surface area contributed by atoms with Crippen LogP contribution in [0.2, 0.25) is 0 Å². The van der Waals surface area contributed by atoms with Crippen molar-refractivity contribution in [3.63, 3.8) is 0 Å². The van der Waals surface area contributed by atoms with Gasteiger partial charge in [-0.3, -0.25) is 4.79 Å². The number of phenols is 1. The van der Waals surface area contributed by atoms with E-state index in [1.807, 2.05) is 37.3 Å². The first-order valence-corrected chi connectivity index (χ1v) is 8.48. The molecule has 0 radical (unpaired) electrons. The molecule has 7 nitrogen and oxygen atoms in total. The summed E-state index contributed by atoms with van der Waals surface area (Å²) in [5.41, 5.74) is 1.89. The molecule has 2 aromatic carbocycles. The zero-order valence-corrected chi connectivity index (χ0v) is 15.4. The molecule has 0 saturated heterocycles. The lowest BCUT2D eigenvalue weighted by Gasteiger charge is -2.16. The van der Waals surface area contributed by atoms with E-state index in [9.17, 15) is 9.90 Å². The minimum absolute atomic E-state index is 0.121. The van der Waals surface area contributed by atoms with Gasteiger partial charge in [0.2, 0.25) is 5.89 Å². The Bertz CT molecular complexity index is 924. The van der Waals surface area contributed by atoms with Gasteiger partial charge in [-0.1, -0.05) is 35.5 Å². The van der Waals surface area contributed by atoms with Crippen molar-refractivity contribution in [2.24, 2.45) is 0 Å². The number of carbonyl (C=O) groups is 1. The highest BCUT2D eigenvalue weighted by molar-refractivity contribution is 5.96. The van der Waals surface area contributed by atoms with E-state index in [0.29, 0.717) is 22.8 Å². The van der Waals surface area contributed by atoms with E-state index >= 15 is 0 Å². The third-order valence-corrected chi connectivity index (χ3v) is 4.25. The molecule has 1 N–H and O–H groups in total. The van der Waals surface area contributed by atoms with Crippen LogP contribution in [0, 0.1) is 0 Å². The van der Waals surface area contributed by atoms with Gasteiger partial charge >= 0.3 is 0 Å². The van der Waals surface area contributed by atoms with E-state index in [-0.39, 0.29) is 24.3 Å². The minimum Gasteiger partial charge on any atom is -0.507 e. The molecule has 0 bridgehead atoms. The average Bonchev–Trinajstić information content (AvgIpc) is 3.16. The van der Waals surface area contributed by atoms with Gasteiger partial charge < -0.3 is 19.3 Å². The summed E-state index contributed by atoms with van der Waals surface area (Å²) in [6, 6.07) is 14.2. The number of hydrogen-bond donors (Lipinski definition) is 1. The lowest BCUT2D eigenvalue weighted by molar-refractivity contribution is 0.0769. The van der Waals surface area contributed by atoms with E-state index in [4.69, 9.17) is 9.26 Å². The highest BCUT2D eigenvalue weighted by Crippen LogP contribution is 2.30. The molecule has 0 spiro atoms. The van der Waals surface area contributed by atoms with Crippen molar-refractivity contribution in [3.8, 4) is 16.9 Å². The largest absolute Gasteiger partial charge is 0.507 e. The first kappa shape index (κ1) is 18.6. The van der Waals surface area contributed by atoms with E-state index in [1.165, 1.54) is 11.0 Å². The van der Waals surface area contributed by atoms with Gasteiger partial charge in [0, 0.05) is 25.3 Å². The Morgan fingerprint density at radius 1 is 1.26 bits per heavy atom. The van der Waals surface area contributed by atoms with Crippen molar-refractivity contribution in [3.05, 3.63) is 65.8 Å². The zero-order chi connectivity index (χ0) is 19.4. The smallest absolute Gasteiger partial charge is 0.254 e. The summed E-state index contributed by atoms with van der Waals surface area (Å²) in [4.78, 5) is 18.5. The van der Waals surface area contributed by atoms with Gasteiger partial charge in [0.1, 0.15) is 11.9 Å². The van der Waals surface area contributed by atoms with Gasteiger partial charge in [-0.2, -0.15) is 4.98 Å². The molecule has 1 unspecified atom stereocenters. The number of nitrogens with zero attached hydrogens (tertiary/aromatic N) is 3. The van der Waals surface area contributed by atoms with Crippen molar-refractivity contribution in [1.82, 2.24) is 15.0 Å². The van der Waals surface area contributed by atoms with E-state index in [1.54, 1.807) is 26.3 Å². The van der Waals surface area contributed by atoms with Crippen molar-refractivity contribution >= 4 is 5.91 Å². The van der Waals surface area contributed by atoms with E-state index in [0.717, 1.165) is 5.56 Å². The molecule has 140 valence electrons. The maximum Gasteiger partial charge on any atom is 0.254 e. The summed E-state index contributed by atoms with van der Waals surface area (Å²) >= 11 is 0. The van der Waals surface area contributed by atoms with Crippen molar-refractivity contribution in [2.75, 3.05) is 14.2 Å². The maximum atomic E-state index is 12.8. The average molecular weight is 367 g/mol. The van der Waals surface area contributed by atoms with Crippen molar-refractivity contribution in [2.45, 2.75) is 19.6 Å². The monoisotopic (exact) mass is 367 g/mol. The molecule has 0 aliphatic rings. The van der Waals surface area contributed by atoms with Crippen LogP contribution >= 0.6 is 0 Å². The van der Waals surface area contributed by atoms with Crippen LogP contribution in [0.4, 0.5) is 0 Å². The Kier molecular flexibility index (Phi) is 5.52. The number of aromatic hydroxyl groups is 1. The fourth-order valence-corrected chi connectivity index (χ4v) is 2.62. The normalized spacial score (nSPS) is 12.0. The first-order chi connectivity index (χ1) is 13.0. The molecule has 3 aromatic rings. The van der Waals surface area contributed by atoms with Crippen molar-refractivity contribution < 1.29 is 19.2 Å². The van der Waals surface area contributed by atoms with Crippen LogP contribution in [0.15, 0.2) is 53.1 Å². The number of amides is 1. The fourth-order valence-electron chi connectivity index (χ4n) is 2.62. The Balaban J connectivity index is 1.78. The molecule has 27 heavy (non-hydrogen) atoms. The molecule has 0 saturated carbocycles. The molecular formula is C20H21N3O4. The Labute approximate surface area is 157 Å². The summed E-state index contributed by atoms with van der Waals surface area (Å²) in [5, 5.41) is 14.0. The molecule has 1 heterocycles. The number of phenolic OH excluding ortho intramolecular Hbond substituents is 1. The Morgan fingerprint density at radius 2 is 2.00 bits per heavy atom. The topological polar surface area (TPSA) is 88.7 Å². The van der Waals surface area contributed by atoms with Crippen LogP contribution in [-0.2, 0) is 11.3 Å². The van der Waals surface area contributed by atoms with Gasteiger partial charge in [0.05, 0.1) is 6.54 Å². The van der Waals surface area contributed by atoms with Crippen LogP contribution in [0.25, 0.3) is 11.1 Å². The molecule has 0 fully saturated rings. The number of aromatic nitrogens is 2. The number of carbonyl (C=O) groups excluding carboxylic acids is 1. The number of methoxy groups -OCH3 is 1. The lowest BCUT2D eigenvalue weighted by Crippen LogP contribution is -2.26. The molecule has 0 aliphatic carbocycles. The van der Waals surface area contributed by atoms with Crippen LogP contribution in [0.1, 0.15) is 35.1 Å². The second kappa shape index (κ2) is 8.01. The van der Waals surface area contributed by atoms with Gasteiger partial charge in [-0.25, -0.2) is 0 Å². The molecule has 1 atom stereocenters. The maximum absolute atomic E-state index is 12.8. The zero-order valence-electron chi connectivity index (χ0n) is 15.4. The van der Waals surface area contributed by atoms with Gasteiger partial charge in [-0.05, 0) is 30.7 Å². The fraction of sp³-hybridized carbons (Fsp3) is 0.250. The summed E-state index contributed by atoms with van der Waals surface area (Å²) in [7, 11) is 3.21. The SMILES string of the molecule is COC(C)c1noc(CN(C)C(=O)c2ccc(O)c(-c3ccccc3)c2)n1. The molecule has 7 heteroatoms. The standard InChI is InChI=1S/C20H21N3O4/c1-13(26-3)19-21-18(27-22-19)12-23(2)20(25)15-9-10-17(24)16(11-15)14-7-5-4-6-8-14/h4-11,13,24H,12H2,1-3H3. The predicted molar refractivity (Wildman–Crippen MR) is 99.1 cm³/mol. The van der Waals surface area contributed by atoms with Crippen LogP contribution in [0.5, 0.6) is 5.75 Å². The van der Waals surface area contributed by atoms with Crippen molar-refractivity contribution in [1.29, 1.82) is 0 Å². The minimum atomic E-state index is -0.283. The first-order valence-electron chi connectivity index (χ1n) is 8.48. The highest BCUT2D eigenvalue weighted by Gasteiger charge is 2.19. The summed E-state index contributed by atoms with van der Waals surface area (Å²) in [6.07, 6.45) is -0.283. The summed E-state index contributed by atoms with van der Waals surface area (Å²) in [5.74, 6) is 0.665. The van der Waals surface area contributed by atoms with Crippen LogP contribution in [0.3, 0.4) is 0 Å². The van der Waals surface area contributed by atoms with Gasteiger partial charge in [-0.15, -0.1) is 0 Å². The number of hydrogen-bond acceptors (Lipinski definition) is 6.